The molecule has 0 bridgehead atoms. The van der Waals surface area contributed by atoms with Crippen LogP contribution in [-0.4, -0.2) is 47.0 Å². The van der Waals surface area contributed by atoms with Crippen LogP contribution in [0.25, 0.3) is 0 Å². The van der Waals surface area contributed by atoms with Crippen LogP contribution in [0.3, 0.4) is 0 Å². The van der Waals surface area contributed by atoms with Crippen molar-refractivity contribution < 1.29 is 24.2 Å². The summed E-state index contributed by atoms with van der Waals surface area (Å²) in [6.45, 7) is 5.74. The van der Waals surface area contributed by atoms with E-state index in [9.17, 15) is 19.5 Å². The van der Waals surface area contributed by atoms with Crippen molar-refractivity contribution in [2.24, 2.45) is 11.7 Å². The number of likely N-dealkylation sites (tertiary alicyclic amines) is 1. The van der Waals surface area contributed by atoms with Crippen LogP contribution in [0, 0.1) is 19.8 Å². The lowest BCUT2D eigenvalue weighted by Gasteiger charge is -2.32. The van der Waals surface area contributed by atoms with Crippen LogP contribution in [-0.2, 0) is 14.3 Å². The molecule has 2 rings (SSSR count). The molecule has 1 aromatic rings. The number of nitrogens with zero attached hydrogens (tertiary/aromatic N) is 1. The molecule has 1 saturated heterocycles. The predicted octanol–water partition coefficient (Wildman–Crippen LogP) is 1.28. The van der Waals surface area contributed by atoms with Crippen molar-refractivity contribution in [2.75, 3.05) is 13.1 Å². The van der Waals surface area contributed by atoms with E-state index < -0.39 is 18.0 Å². The molecule has 7 heteroatoms. The Bertz CT molecular complexity index is 701. The highest BCUT2D eigenvalue weighted by atomic mass is 16.5. The quantitative estimate of drug-likeness (QED) is 0.797. The molecule has 0 aromatic heterocycles. The number of esters is 1. The molecule has 136 valence electrons. The first kappa shape index (κ1) is 18.8. The molecule has 7 nitrogen and oxygen atoms in total. The van der Waals surface area contributed by atoms with Crippen molar-refractivity contribution in [3.05, 3.63) is 28.8 Å². The Morgan fingerprint density at radius 3 is 2.64 bits per heavy atom. The molecular weight excluding hydrogens is 324 g/mol. The summed E-state index contributed by atoms with van der Waals surface area (Å²) in [5, 5.41) is 10.1. The second-order valence-electron chi connectivity index (χ2n) is 6.48. The maximum absolute atomic E-state index is 12.5. The highest BCUT2D eigenvalue weighted by Crippen LogP contribution is 2.26. The molecule has 0 saturated carbocycles. The minimum absolute atomic E-state index is 0.0245. The van der Waals surface area contributed by atoms with E-state index in [1.807, 2.05) is 6.92 Å². The lowest BCUT2D eigenvalue weighted by molar-refractivity contribution is -0.142. The predicted molar refractivity (Wildman–Crippen MR) is 91.0 cm³/mol. The van der Waals surface area contributed by atoms with E-state index in [4.69, 9.17) is 10.5 Å². The highest BCUT2D eigenvalue weighted by molar-refractivity contribution is 5.95. The molecule has 0 radical (unpaired) electrons. The van der Waals surface area contributed by atoms with Crippen LogP contribution in [0.15, 0.2) is 12.1 Å². The summed E-state index contributed by atoms with van der Waals surface area (Å²) in [5.41, 5.74) is 6.78. The number of phenols is 1. The third-order valence-corrected chi connectivity index (χ3v) is 4.69. The van der Waals surface area contributed by atoms with Gasteiger partial charge in [0.2, 0.25) is 5.91 Å². The van der Waals surface area contributed by atoms with Gasteiger partial charge in [-0.2, -0.15) is 0 Å². The fraction of sp³-hybridized carbons (Fsp3) is 0.500. The number of primary amides is 1. The minimum Gasteiger partial charge on any atom is -0.507 e. The summed E-state index contributed by atoms with van der Waals surface area (Å²) in [6, 6.07) is 3.18. The van der Waals surface area contributed by atoms with Gasteiger partial charge in [-0.25, -0.2) is 4.79 Å². The van der Waals surface area contributed by atoms with Gasteiger partial charge >= 0.3 is 5.97 Å². The summed E-state index contributed by atoms with van der Waals surface area (Å²) in [5.74, 6) is -2.07. The van der Waals surface area contributed by atoms with E-state index in [2.05, 4.69) is 0 Å². The SMILES string of the molecule is Cc1ccc(C(=O)O[C@H](C)C(=O)N2CCC[C@@H](C(N)=O)C2)c(O)c1C. The summed E-state index contributed by atoms with van der Waals surface area (Å²) in [4.78, 5) is 37.6. The largest absolute Gasteiger partial charge is 0.507 e. The van der Waals surface area contributed by atoms with Crippen LogP contribution in [0.4, 0.5) is 0 Å². The van der Waals surface area contributed by atoms with Crippen molar-refractivity contribution in [3.8, 4) is 5.75 Å². The molecule has 3 N–H and O–H groups in total. The van der Waals surface area contributed by atoms with Crippen LogP contribution in [0.5, 0.6) is 5.75 Å². The van der Waals surface area contributed by atoms with Crippen molar-refractivity contribution >= 4 is 17.8 Å². The van der Waals surface area contributed by atoms with Gasteiger partial charge in [0.05, 0.1) is 5.92 Å². The Morgan fingerprint density at radius 2 is 2.00 bits per heavy atom. The lowest BCUT2D eigenvalue weighted by Crippen LogP contribution is -2.48. The summed E-state index contributed by atoms with van der Waals surface area (Å²) < 4.78 is 5.22. The highest BCUT2D eigenvalue weighted by Gasteiger charge is 2.31. The normalized spacial score (nSPS) is 18.5. The van der Waals surface area contributed by atoms with Gasteiger partial charge < -0.3 is 20.5 Å². The van der Waals surface area contributed by atoms with Crippen LogP contribution in [0.1, 0.15) is 41.3 Å². The number of nitrogens with two attached hydrogens (primary N) is 1. The van der Waals surface area contributed by atoms with Crippen molar-refractivity contribution in [3.63, 3.8) is 0 Å². The second-order valence-corrected chi connectivity index (χ2v) is 6.48. The van der Waals surface area contributed by atoms with E-state index in [1.165, 1.54) is 17.9 Å². The number of carbonyl (C=O) groups is 3. The number of ether oxygens (including phenoxy) is 1. The monoisotopic (exact) mass is 348 g/mol. The summed E-state index contributed by atoms with van der Waals surface area (Å²) >= 11 is 0. The van der Waals surface area contributed by atoms with Gasteiger partial charge in [-0.3, -0.25) is 9.59 Å². The third kappa shape index (κ3) is 4.10. The number of piperidine rings is 1. The molecule has 25 heavy (non-hydrogen) atoms. The fourth-order valence-corrected chi connectivity index (χ4v) is 2.91. The van der Waals surface area contributed by atoms with Crippen LogP contribution in [0.2, 0.25) is 0 Å². The molecule has 0 unspecified atom stereocenters. The first-order valence-corrected chi connectivity index (χ1v) is 8.30. The number of benzene rings is 1. The Morgan fingerprint density at radius 1 is 1.32 bits per heavy atom. The number of phenolic OH excluding ortho intramolecular Hbond substituents is 1. The van der Waals surface area contributed by atoms with E-state index >= 15 is 0 Å². The standard InChI is InChI=1S/C18H24N2O5/c1-10-6-7-14(15(21)11(10)2)18(24)25-12(3)17(23)20-8-4-5-13(9-20)16(19)22/h6-7,12-13,21H,4-5,8-9H2,1-3H3,(H2,19,22)/t12-,13-/m1/s1. The molecule has 0 aliphatic carbocycles. The molecule has 0 spiro atoms. The van der Waals surface area contributed by atoms with Gasteiger partial charge in [0.25, 0.3) is 5.91 Å². The summed E-state index contributed by atoms with van der Waals surface area (Å²) in [7, 11) is 0. The molecule has 2 atom stereocenters. The smallest absolute Gasteiger partial charge is 0.342 e. The fourth-order valence-electron chi connectivity index (χ4n) is 2.91. The van der Waals surface area contributed by atoms with Crippen LogP contribution < -0.4 is 5.73 Å². The second kappa shape index (κ2) is 7.55. The first-order valence-electron chi connectivity index (χ1n) is 8.30. The van der Waals surface area contributed by atoms with Gasteiger partial charge in [-0.15, -0.1) is 0 Å². The zero-order valence-corrected chi connectivity index (χ0v) is 14.7. The molecule has 2 amide bonds. The molecule has 1 heterocycles. The number of amides is 2. The van der Waals surface area contributed by atoms with E-state index in [1.54, 1.807) is 13.0 Å². The zero-order chi connectivity index (χ0) is 18.7. The maximum Gasteiger partial charge on any atom is 0.342 e. The Kier molecular flexibility index (Phi) is 5.66. The molecule has 1 fully saturated rings. The first-order chi connectivity index (χ1) is 11.7. The van der Waals surface area contributed by atoms with Gasteiger partial charge in [-0.05, 0) is 50.8 Å². The van der Waals surface area contributed by atoms with Crippen molar-refractivity contribution in [2.45, 2.75) is 39.7 Å². The minimum atomic E-state index is -1.01. The number of hydrogen-bond acceptors (Lipinski definition) is 5. The molecule has 1 aromatic carbocycles. The van der Waals surface area contributed by atoms with Crippen molar-refractivity contribution in [1.29, 1.82) is 0 Å². The van der Waals surface area contributed by atoms with Gasteiger partial charge in [0.15, 0.2) is 6.10 Å². The number of aryl methyl sites for hydroxylation is 1. The molecule has 1 aliphatic heterocycles. The average molecular weight is 348 g/mol. The van der Waals surface area contributed by atoms with Gasteiger partial charge in [0, 0.05) is 13.1 Å². The maximum atomic E-state index is 12.5. The number of aromatic hydroxyl groups is 1. The van der Waals surface area contributed by atoms with Crippen LogP contribution >= 0.6 is 0 Å². The zero-order valence-electron chi connectivity index (χ0n) is 14.7. The van der Waals surface area contributed by atoms with E-state index in [0.29, 0.717) is 24.9 Å². The number of rotatable bonds is 4. The van der Waals surface area contributed by atoms with Crippen molar-refractivity contribution in [1.82, 2.24) is 4.90 Å². The van der Waals surface area contributed by atoms with Gasteiger partial charge in [-0.1, -0.05) is 6.07 Å². The molecular formula is C18H24N2O5. The Balaban J connectivity index is 2.05. The number of hydrogen-bond donors (Lipinski definition) is 2. The third-order valence-electron chi connectivity index (χ3n) is 4.69. The van der Waals surface area contributed by atoms with E-state index in [-0.39, 0.29) is 29.7 Å². The van der Waals surface area contributed by atoms with Gasteiger partial charge in [0.1, 0.15) is 11.3 Å². The summed E-state index contributed by atoms with van der Waals surface area (Å²) in [6.07, 6.45) is 0.321. The Hall–Kier alpha value is -2.57. The average Bonchev–Trinajstić information content (AvgIpc) is 2.59. The number of carbonyl (C=O) groups excluding carboxylic acids is 3. The topological polar surface area (TPSA) is 110 Å². The Labute approximate surface area is 146 Å². The van der Waals surface area contributed by atoms with E-state index in [0.717, 1.165) is 5.56 Å². The lowest BCUT2D eigenvalue weighted by atomic mass is 9.97. The molecule has 1 aliphatic rings.